The summed E-state index contributed by atoms with van der Waals surface area (Å²) in [5.41, 5.74) is 8.97. The summed E-state index contributed by atoms with van der Waals surface area (Å²) in [6, 6.07) is -1.06. The molecule has 15 heteroatoms. The Morgan fingerprint density at radius 3 is 2.59 bits per heavy atom. The van der Waals surface area contributed by atoms with Crippen LogP contribution in [-0.2, 0) is 24.0 Å². The lowest BCUT2D eigenvalue weighted by Crippen LogP contribution is -2.71. The molecule has 32 heavy (non-hydrogen) atoms. The summed E-state index contributed by atoms with van der Waals surface area (Å²) >= 11 is 2.25. The fourth-order valence-electron chi connectivity index (χ4n) is 2.77. The van der Waals surface area contributed by atoms with E-state index in [-0.39, 0.29) is 34.0 Å². The van der Waals surface area contributed by atoms with Crippen LogP contribution < -0.4 is 16.8 Å². The molecule has 1 fully saturated rings. The van der Waals surface area contributed by atoms with Crippen molar-refractivity contribution in [3.05, 3.63) is 22.8 Å². The number of nitrogen functional groups attached to an aromatic ring is 1. The van der Waals surface area contributed by atoms with E-state index in [1.807, 2.05) is 0 Å². The number of carboxylic acids is 2. The summed E-state index contributed by atoms with van der Waals surface area (Å²) in [5.74, 6) is -4.09. The zero-order chi connectivity index (χ0) is 23.8. The van der Waals surface area contributed by atoms with E-state index < -0.39 is 40.8 Å². The molecular weight excluding hydrogens is 464 g/mol. The van der Waals surface area contributed by atoms with Crippen molar-refractivity contribution >= 4 is 57.7 Å². The van der Waals surface area contributed by atoms with Gasteiger partial charge in [-0.2, -0.15) is 0 Å². The molecule has 7 N–H and O–H groups in total. The molecule has 3 atom stereocenters. The Morgan fingerprint density at radius 2 is 2.06 bits per heavy atom. The molecule has 13 nitrogen and oxygen atoms in total. The number of nitrogens with one attached hydrogen (secondary N) is 1. The minimum Gasteiger partial charge on any atom is -0.478 e. The average molecular weight is 485 g/mol. The molecule has 172 valence electrons. The van der Waals surface area contributed by atoms with Crippen molar-refractivity contribution in [3.63, 3.8) is 0 Å². The Labute approximate surface area is 189 Å². The molecule has 0 radical (unpaired) electrons. The summed E-state index contributed by atoms with van der Waals surface area (Å²) in [6.45, 7) is 2.62. The fraction of sp³-hybridized carbons (Fsp3) is 0.412. The van der Waals surface area contributed by atoms with Crippen LogP contribution in [0.15, 0.2) is 22.3 Å². The maximum Gasteiger partial charge on any atom is 0.352 e. The van der Waals surface area contributed by atoms with Gasteiger partial charge in [0.15, 0.2) is 10.8 Å². The van der Waals surface area contributed by atoms with Crippen molar-refractivity contribution in [2.75, 3.05) is 12.3 Å². The van der Waals surface area contributed by atoms with E-state index in [9.17, 15) is 29.4 Å². The predicted octanol–water partition coefficient (Wildman–Crippen LogP) is -0.995. The molecule has 3 heterocycles. The zero-order valence-corrected chi connectivity index (χ0v) is 18.5. The van der Waals surface area contributed by atoms with Gasteiger partial charge in [0, 0.05) is 17.2 Å². The second kappa shape index (κ2) is 8.76. The molecule has 1 aromatic rings. The summed E-state index contributed by atoms with van der Waals surface area (Å²) in [4.78, 5) is 58.4. The van der Waals surface area contributed by atoms with Crippen LogP contribution in [-0.4, -0.2) is 78.4 Å². The summed E-state index contributed by atoms with van der Waals surface area (Å²) in [5, 5.41) is 25.3. The number of amides is 2. The minimum atomic E-state index is -1.75. The van der Waals surface area contributed by atoms with E-state index in [4.69, 9.17) is 16.3 Å². The van der Waals surface area contributed by atoms with Crippen LogP contribution in [0.25, 0.3) is 0 Å². The number of thiazole rings is 1. The van der Waals surface area contributed by atoms with Crippen molar-refractivity contribution in [2.24, 2.45) is 10.9 Å². The number of β-lactam (4-membered cyclic amide) rings is 1. The van der Waals surface area contributed by atoms with Gasteiger partial charge in [-0.3, -0.25) is 14.5 Å². The number of hydrogen-bond donors (Lipinski definition) is 5. The van der Waals surface area contributed by atoms with Crippen LogP contribution >= 0.6 is 23.1 Å². The number of nitrogens with zero attached hydrogens (tertiary/aromatic N) is 3. The van der Waals surface area contributed by atoms with Gasteiger partial charge in [0.05, 0.1) is 0 Å². The lowest BCUT2D eigenvalue weighted by Gasteiger charge is -2.49. The number of aromatic nitrogens is 1. The lowest BCUT2D eigenvalue weighted by molar-refractivity contribution is -0.161. The van der Waals surface area contributed by atoms with Crippen molar-refractivity contribution in [1.29, 1.82) is 0 Å². The molecule has 2 aliphatic heterocycles. The standard InChI is InChI=1S/C17H20N6O7S2/c1-17(2,15(28)29)30-22-9(7-5-31-16(19)20-7)11(24)21-10-12(25)23-8(14(26)27)3-6(4-18)32-13(10)23/h3,5-6,10,13H,4,18H2,1-2H3,(H2,19,20)(H,21,24)(H,26,27)(H,28,29)/b22-9-/t6?,10?,13-/m1/s1. The highest BCUT2D eigenvalue weighted by molar-refractivity contribution is 8.00. The monoisotopic (exact) mass is 484 g/mol. The maximum atomic E-state index is 12.9. The summed E-state index contributed by atoms with van der Waals surface area (Å²) in [7, 11) is 0. The number of carbonyl (C=O) groups is 4. The molecule has 0 saturated carbocycles. The van der Waals surface area contributed by atoms with E-state index in [0.29, 0.717) is 0 Å². The number of carbonyl (C=O) groups excluding carboxylic acids is 2. The van der Waals surface area contributed by atoms with Crippen LogP contribution in [0.4, 0.5) is 5.13 Å². The SMILES string of the molecule is CC(C)(O/N=C(\C(=O)NC1C(=O)N2C(C(=O)O)=CC(CN)S[C@H]12)c1csc(N)n1)C(=O)O. The van der Waals surface area contributed by atoms with Crippen LogP contribution in [0.1, 0.15) is 19.5 Å². The molecule has 1 saturated heterocycles. The molecule has 2 amide bonds. The van der Waals surface area contributed by atoms with Gasteiger partial charge in [0.25, 0.3) is 11.8 Å². The molecule has 1 aromatic heterocycles. The van der Waals surface area contributed by atoms with Gasteiger partial charge in [-0.05, 0) is 19.9 Å². The van der Waals surface area contributed by atoms with Crippen LogP contribution in [0.3, 0.4) is 0 Å². The Bertz CT molecular complexity index is 1040. The van der Waals surface area contributed by atoms with Crippen molar-refractivity contribution in [2.45, 2.75) is 36.1 Å². The van der Waals surface area contributed by atoms with Gasteiger partial charge >= 0.3 is 11.9 Å². The second-order valence-corrected chi connectivity index (χ2v) is 9.49. The molecule has 0 spiro atoms. The third kappa shape index (κ3) is 4.39. The fourth-order valence-corrected chi connectivity index (χ4v) is 4.68. The molecule has 3 rings (SSSR count). The first-order valence-corrected chi connectivity index (χ1v) is 10.9. The average Bonchev–Trinajstić information content (AvgIpc) is 3.16. The first-order valence-electron chi connectivity index (χ1n) is 9.11. The highest BCUT2D eigenvalue weighted by Crippen LogP contribution is 2.40. The summed E-state index contributed by atoms with van der Waals surface area (Å²) < 4.78 is 0. The Morgan fingerprint density at radius 1 is 1.38 bits per heavy atom. The van der Waals surface area contributed by atoms with Crippen molar-refractivity contribution < 1.29 is 34.2 Å². The van der Waals surface area contributed by atoms with Gasteiger partial charge in [-0.1, -0.05) is 5.16 Å². The van der Waals surface area contributed by atoms with Crippen molar-refractivity contribution in [1.82, 2.24) is 15.2 Å². The zero-order valence-electron chi connectivity index (χ0n) is 16.8. The number of anilines is 1. The highest BCUT2D eigenvalue weighted by atomic mass is 32.2. The number of carboxylic acid groups (broad SMARTS) is 2. The van der Waals surface area contributed by atoms with E-state index in [2.05, 4.69) is 15.5 Å². The van der Waals surface area contributed by atoms with E-state index in [1.54, 1.807) is 0 Å². The smallest absolute Gasteiger partial charge is 0.352 e. The van der Waals surface area contributed by atoms with Gasteiger partial charge in [-0.25, -0.2) is 14.6 Å². The maximum absolute atomic E-state index is 12.9. The van der Waals surface area contributed by atoms with Crippen LogP contribution in [0.2, 0.25) is 0 Å². The Balaban J connectivity index is 1.84. The predicted molar refractivity (Wildman–Crippen MR) is 115 cm³/mol. The second-order valence-electron chi connectivity index (χ2n) is 7.23. The molecule has 2 unspecified atom stereocenters. The molecule has 0 aliphatic carbocycles. The molecule has 2 aliphatic rings. The normalized spacial score (nSPS) is 23.0. The van der Waals surface area contributed by atoms with E-state index in [1.165, 1.54) is 37.1 Å². The number of rotatable bonds is 8. The molecule has 0 bridgehead atoms. The van der Waals surface area contributed by atoms with Gasteiger partial charge in [-0.15, -0.1) is 23.1 Å². The third-order valence-electron chi connectivity index (χ3n) is 4.56. The third-order valence-corrected chi connectivity index (χ3v) is 6.67. The number of aliphatic carboxylic acids is 2. The largest absolute Gasteiger partial charge is 0.478 e. The Hall–Kier alpha value is -3.17. The highest BCUT2D eigenvalue weighted by Gasteiger charge is 2.54. The number of fused-ring (bicyclic) bond motifs is 1. The van der Waals surface area contributed by atoms with E-state index >= 15 is 0 Å². The van der Waals surface area contributed by atoms with Crippen LogP contribution in [0, 0.1) is 0 Å². The Kier molecular flexibility index (Phi) is 6.43. The topological polar surface area (TPSA) is 211 Å². The summed E-state index contributed by atoms with van der Waals surface area (Å²) in [6.07, 6.45) is 1.40. The quantitative estimate of drug-likeness (QED) is 0.172. The van der Waals surface area contributed by atoms with Crippen molar-refractivity contribution in [3.8, 4) is 0 Å². The van der Waals surface area contributed by atoms with Gasteiger partial charge in [0.2, 0.25) is 5.60 Å². The molecule has 0 aromatic carbocycles. The first-order chi connectivity index (χ1) is 15.0. The van der Waals surface area contributed by atoms with Gasteiger partial charge in [0.1, 0.15) is 22.8 Å². The number of thioether (sulfide) groups is 1. The first kappa shape index (κ1) is 23.5. The number of nitrogens with two attached hydrogens (primary N) is 2. The molecular formula is C17H20N6O7S2. The minimum absolute atomic E-state index is 0.0251. The number of oxime groups is 1. The lowest BCUT2D eigenvalue weighted by atomic mass is 10.0. The van der Waals surface area contributed by atoms with E-state index in [0.717, 1.165) is 16.2 Å². The van der Waals surface area contributed by atoms with Gasteiger partial charge < -0.3 is 31.8 Å². The van der Waals surface area contributed by atoms with Crippen LogP contribution in [0.5, 0.6) is 0 Å². The number of hydrogen-bond acceptors (Lipinski definition) is 11.